The summed E-state index contributed by atoms with van der Waals surface area (Å²) in [4.78, 5) is 14.8. The number of carbonyl (C=O) groups excluding carboxylic acids is 1. The van der Waals surface area contributed by atoms with Crippen LogP contribution in [0.1, 0.15) is 58.4 Å². The standard InChI is InChI=1S/C21H34N2O2/c1-16(2)19-8-5-6-9-20(19)25-18(4)21(24)22-12-7-13-23-14-10-17(3)11-15-23/h5-6,8-9,16-18H,7,10-15H2,1-4H3,(H,22,24)/t18-/m0/s1. The summed E-state index contributed by atoms with van der Waals surface area (Å²) in [6.07, 6.45) is 3.12. The number of amides is 1. The van der Waals surface area contributed by atoms with Gasteiger partial charge in [-0.2, -0.15) is 0 Å². The molecule has 1 N–H and O–H groups in total. The van der Waals surface area contributed by atoms with Crippen LogP contribution in [0, 0.1) is 5.92 Å². The van der Waals surface area contributed by atoms with Gasteiger partial charge in [0.15, 0.2) is 6.10 Å². The van der Waals surface area contributed by atoms with E-state index in [2.05, 4.69) is 37.1 Å². The minimum atomic E-state index is -0.476. The number of nitrogens with one attached hydrogen (secondary N) is 1. The molecule has 1 amide bonds. The lowest BCUT2D eigenvalue weighted by Gasteiger charge is -2.30. The normalized spacial score (nSPS) is 17.5. The molecule has 1 aliphatic heterocycles. The summed E-state index contributed by atoms with van der Waals surface area (Å²) in [7, 11) is 0. The number of benzene rings is 1. The van der Waals surface area contributed by atoms with E-state index < -0.39 is 6.10 Å². The molecule has 4 heteroatoms. The van der Waals surface area contributed by atoms with Crippen LogP contribution >= 0.6 is 0 Å². The van der Waals surface area contributed by atoms with Gasteiger partial charge in [-0.25, -0.2) is 0 Å². The van der Waals surface area contributed by atoms with Gasteiger partial charge in [-0.05, 0) is 69.3 Å². The van der Waals surface area contributed by atoms with Gasteiger partial charge in [0.05, 0.1) is 0 Å². The summed E-state index contributed by atoms with van der Waals surface area (Å²) >= 11 is 0. The van der Waals surface area contributed by atoms with Crippen molar-refractivity contribution in [2.75, 3.05) is 26.2 Å². The summed E-state index contributed by atoms with van der Waals surface area (Å²) in [6, 6.07) is 7.96. The first-order chi connectivity index (χ1) is 12.0. The molecule has 0 saturated carbocycles. The SMILES string of the molecule is CC1CCN(CCCNC(=O)[C@H](C)Oc2ccccc2C(C)C)CC1. The number of likely N-dealkylation sites (tertiary alicyclic amines) is 1. The summed E-state index contributed by atoms with van der Waals surface area (Å²) in [5.74, 6) is 2.01. The fraction of sp³-hybridized carbons (Fsp3) is 0.667. The molecule has 0 radical (unpaired) electrons. The largest absolute Gasteiger partial charge is 0.481 e. The zero-order chi connectivity index (χ0) is 18.2. The molecule has 140 valence electrons. The van der Waals surface area contributed by atoms with Crippen LogP contribution in [0.15, 0.2) is 24.3 Å². The second kappa shape index (κ2) is 9.81. The Bertz CT molecular complexity index is 536. The van der Waals surface area contributed by atoms with Crippen molar-refractivity contribution in [3.05, 3.63) is 29.8 Å². The molecule has 1 aromatic rings. The van der Waals surface area contributed by atoms with E-state index in [9.17, 15) is 4.79 Å². The van der Waals surface area contributed by atoms with Gasteiger partial charge < -0.3 is 15.0 Å². The molecule has 2 rings (SSSR count). The third-order valence-corrected chi connectivity index (χ3v) is 5.04. The van der Waals surface area contributed by atoms with Crippen molar-refractivity contribution in [2.45, 2.75) is 59.0 Å². The van der Waals surface area contributed by atoms with Gasteiger partial charge in [-0.15, -0.1) is 0 Å². The van der Waals surface area contributed by atoms with E-state index in [0.717, 1.165) is 30.2 Å². The van der Waals surface area contributed by atoms with Crippen molar-refractivity contribution in [3.8, 4) is 5.75 Å². The van der Waals surface area contributed by atoms with Crippen LogP contribution in [0.5, 0.6) is 5.75 Å². The molecule has 0 spiro atoms. The van der Waals surface area contributed by atoms with Gasteiger partial charge in [-0.1, -0.05) is 39.0 Å². The van der Waals surface area contributed by atoms with Crippen molar-refractivity contribution >= 4 is 5.91 Å². The zero-order valence-corrected chi connectivity index (χ0v) is 16.3. The van der Waals surface area contributed by atoms with Crippen molar-refractivity contribution in [1.29, 1.82) is 0 Å². The van der Waals surface area contributed by atoms with E-state index in [4.69, 9.17) is 4.74 Å². The Morgan fingerprint density at radius 3 is 2.60 bits per heavy atom. The number of piperidine rings is 1. The first-order valence-corrected chi connectivity index (χ1v) is 9.73. The predicted molar refractivity (Wildman–Crippen MR) is 103 cm³/mol. The second-order valence-corrected chi connectivity index (χ2v) is 7.62. The maximum absolute atomic E-state index is 12.3. The highest BCUT2D eigenvalue weighted by atomic mass is 16.5. The first kappa shape index (κ1) is 19.8. The summed E-state index contributed by atoms with van der Waals surface area (Å²) in [6.45, 7) is 12.6. The zero-order valence-electron chi connectivity index (χ0n) is 16.3. The number of hydrogen-bond acceptors (Lipinski definition) is 3. The average molecular weight is 347 g/mol. The lowest BCUT2D eigenvalue weighted by atomic mass is 9.99. The first-order valence-electron chi connectivity index (χ1n) is 9.73. The maximum atomic E-state index is 12.3. The van der Waals surface area contributed by atoms with Crippen LogP contribution in [-0.4, -0.2) is 43.1 Å². The Labute approximate surface area is 152 Å². The molecular weight excluding hydrogens is 312 g/mol. The number of rotatable bonds is 8. The highest BCUT2D eigenvalue weighted by molar-refractivity contribution is 5.80. The smallest absolute Gasteiger partial charge is 0.260 e. The van der Waals surface area contributed by atoms with Crippen LogP contribution in [0.25, 0.3) is 0 Å². The van der Waals surface area contributed by atoms with E-state index in [1.54, 1.807) is 0 Å². The van der Waals surface area contributed by atoms with Crippen LogP contribution < -0.4 is 10.1 Å². The fourth-order valence-electron chi connectivity index (χ4n) is 3.25. The van der Waals surface area contributed by atoms with Gasteiger partial charge in [-0.3, -0.25) is 4.79 Å². The Hall–Kier alpha value is -1.55. The van der Waals surface area contributed by atoms with Crippen LogP contribution in [0.4, 0.5) is 0 Å². The van der Waals surface area contributed by atoms with E-state index in [1.807, 2.05) is 25.1 Å². The Balaban J connectivity index is 1.70. The van der Waals surface area contributed by atoms with E-state index >= 15 is 0 Å². The van der Waals surface area contributed by atoms with E-state index in [1.165, 1.54) is 25.9 Å². The van der Waals surface area contributed by atoms with Crippen molar-refractivity contribution in [1.82, 2.24) is 10.2 Å². The molecule has 0 bridgehead atoms. The maximum Gasteiger partial charge on any atom is 0.260 e. The van der Waals surface area contributed by atoms with Crippen LogP contribution in [-0.2, 0) is 4.79 Å². The monoisotopic (exact) mass is 346 g/mol. The molecule has 1 atom stereocenters. The van der Waals surface area contributed by atoms with Crippen LogP contribution in [0.3, 0.4) is 0 Å². The number of ether oxygens (including phenoxy) is 1. The molecule has 0 unspecified atom stereocenters. The van der Waals surface area contributed by atoms with E-state index in [0.29, 0.717) is 12.5 Å². The topological polar surface area (TPSA) is 41.6 Å². The molecule has 1 saturated heterocycles. The van der Waals surface area contributed by atoms with Crippen molar-refractivity contribution < 1.29 is 9.53 Å². The summed E-state index contributed by atoms with van der Waals surface area (Å²) < 4.78 is 5.90. The molecule has 0 aliphatic carbocycles. The predicted octanol–water partition coefficient (Wildman–Crippen LogP) is 3.82. The Morgan fingerprint density at radius 1 is 1.24 bits per heavy atom. The highest BCUT2D eigenvalue weighted by Crippen LogP contribution is 2.26. The molecule has 1 aromatic carbocycles. The molecule has 1 aliphatic rings. The number of para-hydroxylation sites is 1. The average Bonchev–Trinajstić information content (AvgIpc) is 2.60. The molecule has 1 heterocycles. The third kappa shape index (κ3) is 6.35. The Morgan fingerprint density at radius 2 is 1.92 bits per heavy atom. The van der Waals surface area contributed by atoms with Gasteiger partial charge in [0.1, 0.15) is 5.75 Å². The summed E-state index contributed by atoms with van der Waals surface area (Å²) in [5.41, 5.74) is 1.14. The quantitative estimate of drug-likeness (QED) is 0.728. The number of carbonyl (C=O) groups is 1. The molecule has 0 aromatic heterocycles. The minimum Gasteiger partial charge on any atom is -0.481 e. The lowest BCUT2D eigenvalue weighted by molar-refractivity contribution is -0.127. The Kier molecular flexibility index (Phi) is 7.76. The number of hydrogen-bond donors (Lipinski definition) is 1. The van der Waals surface area contributed by atoms with E-state index in [-0.39, 0.29) is 5.91 Å². The summed E-state index contributed by atoms with van der Waals surface area (Å²) in [5, 5.41) is 3.01. The molecule has 4 nitrogen and oxygen atoms in total. The van der Waals surface area contributed by atoms with Crippen LogP contribution in [0.2, 0.25) is 0 Å². The third-order valence-electron chi connectivity index (χ3n) is 5.04. The lowest BCUT2D eigenvalue weighted by Crippen LogP contribution is -2.39. The molecular formula is C21H34N2O2. The second-order valence-electron chi connectivity index (χ2n) is 7.62. The van der Waals surface area contributed by atoms with Gasteiger partial charge >= 0.3 is 0 Å². The van der Waals surface area contributed by atoms with Gasteiger partial charge in [0.25, 0.3) is 5.91 Å². The fourth-order valence-corrected chi connectivity index (χ4v) is 3.25. The molecule has 25 heavy (non-hydrogen) atoms. The minimum absolute atomic E-state index is 0.0363. The number of nitrogens with zero attached hydrogens (tertiary/aromatic N) is 1. The van der Waals surface area contributed by atoms with Gasteiger partial charge in [0, 0.05) is 6.54 Å². The molecule has 1 fully saturated rings. The highest BCUT2D eigenvalue weighted by Gasteiger charge is 2.18. The van der Waals surface area contributed by atoms with Crippen molar-refractivity contribution in [2.24, 2.45) is 5.92 Å². The van der Waals surface area contributed by atoms with Crippen molar-refractivity contribution in [3.63, 3.8) is 0 Å². The van der Waals surface area contributed by atoms with Gasteiger partial charge in [0.2, 0.25) is 0 Å².